The Morgan fingerprint density at radius 2 is 1.58 bits per heavy atom. The molecule has 2 aromatic rings. The molecule has 1 heterocycles. The number of hydrogen-bond donors (Lipinski definition) is 2. The van der Waals surface area contributed by atoms with Gasteiger partial charge in [-0.1, -0.05) is 37.3 Å². The second-order valence-electron chi connectivity index (χ2n) is 9.86. The molecule has 1 aliphatic rings. The van der Waals surface area contributed by atoms with Gasteiger partial charge >= 0.3 is 0 Å². The third-order valence-electron chi connectivity index (χ3n) is 7.63. The average Bonchev–Trinajstić information content (AvgIpc) is 2.70. The zero-order valence-electron chi connectivity index (χ0n) is 20.5. The van der Waals surface area contributed by atoms with Crippen molar-refractivity contribution in [2.45, 2.75) is 72.6 Å². The highest BCUT2D eigenvalue weighted by Crippen LogP contribution is 2.46. The number of aliphatic hydroxyl groups excluding tert-OH is 1. The molecule has 0 radical (unpaired) electrons. The van der Waals surface area contributed by atoms with E-state index >= 15 is 0 Å². The third-order valence-corrected chi connectivity index (χ3v) is 7.63. The minimum atomic E-state index is -1.09. The number of aryl methyl sites for hydroxylation is 5. The Balaban J connectivity index is 2.19. The van der Waals surface area contributed by atoms with E-state index in [-0.39, 0.29) is 18.6 Å². The van der Waals surface area contributed by atoms with E-state index in [1.54, 1.807) is 0 Å². The Kier molecular flexibility index (Phi) is 6.81. The Bertz CT molecular complexity index is 993. The maximum atomic E-state index is 12.2. The minimum absolute atomic E-state index is 0.0544. The Labute approximate surface area is 188 Å². The van der Waals surface area contributed by atoms with E-state index in [9.17, 15) is 10.2 Å². The predicted octanol–water partition coefficient (Wildman–Crippen LogP) is 5.44. The summed E-state index contributed by atoms with van der Waals surface area (Å²) in [6, 6.07) is 11.0. The van der Waals surface area contributed by atoms with Crippen LogP contribution in [0, 0.1) is 40.5 Å². The molecule has 0 saturated carbocycles. The van der Waals surface area contributed by atoms with Gasteiger partial charge in [0.25, 0.3) is 0 Å². The number of likely N-dealkylation sites (tertiary alicyclic amines) is 1. The van der Waals surface area contributed by atoms with Crippen molar-refractivity contribution in [1.82, 2.24) is 4.90 Å². The van der Waals surface area contributed by atoms with E-state index in [1.165, 1.54) is 22.3 Å². The lowest BCUT2D eigenvalue weighted by Gasteiger charge is -2.51. The van der Waals surface area contributed by atoms with E-state index < -0.39 is 5.60 Å². The molecular formula is C28H39NO2. The molecule has 1 saturated heterocycles. The molecule has 1 fully saturated rings. The van der Waals surface area contributed by atoms with Gasteiger partial charge in [-0.15, -0.1) is 0 Å². The summed E-state index contributed by atoms with van der Waals surface area (Å²) < 4.78 is 0. The van der Waals surface area contributed by atoms with Crippen molar-refractivity contribution >= 4 is 5.57 Å². The molecule has 0 bridgehead atoms. The van der Waals surface area contributed by atoms with Crippen LogP contribution in [-0.4, -0.2) is 40.4 Å². The smallest absolute Gasteiger partial charge is 0.106 e. The molecule has 0 amide bonds. The predicted molar refractivity (Wildman–Crippen MR) is 130 cm³/mol. The molecule has 3 nitrogen and oxygen atoms in total. The number of rotatable bonds is 4. The van der Waals surface area contributed by atoms with Gasteiger partial charge in [-0.05, 0) is 112 Å². The average molecular weight is 422 g/mol. The largest absolute Gasteiger partial charge is 0.392 e. The molecule has 0 spiro atoms. The maximum absolute atomic E-state index is 12.2. The third kappa shape index (κ3) is 4.37. The van der Waals surface area contributed by atoms with Crippen LogP contribution in [-0.2, 0) is 0 Å². The number of hydrogen-bond acceptors (Lipinski definition) is 3. The fourth-order valence-corrected chi connectivity index (χ4v) is 5.17. The van der Waals surface area contributed by atoms with Gasteiger partial charge in [0.05, 0.1) is 12.6 Å². The minimum Gasteiger partial charge on any atom is -0.392 e. The molecular weight excluding hydrogens is 382 g/mol. The lowest BCUT2D eigenvalue weighted by atomic mass is 9.70. The molecule has 0 aromatic heterocycles. The highest BCUT2D eigenvalue weighted by atomic mass is 16.3. The van der Waals surface area contributed by atoms with Crippen LogP contribution in [0.3, 0.4) is 0 Å². The SMILES string of the molecule is Cc1ccc(C2N(C)C(C)CC(C)C2(O)/C=C(\CO)c2cc(C)c(C)cc2C)cc1C. The van der Waals surface area contributed by atoms with Crippen molar-refractivity contribution in [3.8, 4) is 0 Å². The van der Waals surface area contributed by atoms with Gasteiger partial charge in [0.2, 0.25) is 0 Å². The summed E-state index contributed by atoms with van der Waals surface area (Å²) in [6.07, 6.45) is 2.85. The van der Waals surface area contributed by atoms with Crippen LogP contribution in [0.5, 0.6) is 0 Å². The lowest BCUT2D eigenvalue weighted by molar-refractivity contribution is -0.0946. The molecule has 2 N–H and O–H groups in total. The molecule has 1 aliphatic heterocycles. The van der Waals surface area contributed by atoms with Crippen LogP contribution >= 0.6 is 0 Å². The second-order valence-corrected chi connectivity index (χ2v) is 9.86. The summed E-state index contributed by atoms with van der Waals surface area (Å²) >= 11 is 0. The van der Waals surface area contributed by atoms with Crippen molar-refractivity contribution in [3.63, 3.8) is 0 Å². The van der Waals surface area contributed by atoms with Crippen molar-refractivity contribution < 1.29 is 10.2 Å². The van der Waals surface area contributed by atoms with E-state index in [2.05, 4.69) is 90.7 Å². The first-order valence-electron chi connectivity index (χ1n) is 11.4. The van der Waals surface area contributed by atoms with Crippen LogP contribution in [0.2, 0.25) is 0 Å². The Hall–Kier alpha value is -1.94. The highest BCUT2D eigenvalue weighted by Gasteiger charge is 2.48. The fraction of sp³-hybridized carbons (Fsp3) is 0.500. The van der Waals surface area contributed by atoms with Crippen molar-refractivity contribution in [2.75, 3.05) is 13.7 Å². The van der Waals surface area contributed by atoms with Gasteiger partial charge in [0.1, 0.15) is 5.60 Å². The number of benzene rings is 2. The topological polar surface area (TPSA) is 43.7 Å². The summed E-state index contributed by atoms with van der Waals surface area (Å²) in [5.41, 5.74) is 7.89. The van der Waals surface area contributed by atoms with Crippen molar-refractivity contribution in [3.05, 3.63) is 75.4 Å². The summed E-state index contributed by atoms with van der Waals surface area (Å²) in [4.78, 5) is 2.29. The first kappa shape index (κ1) is 23.7. The number of piperidine rings is 1. The fourth-order valence-electron chi connectivity index (χ4n) is 5.17. The zero-order valence-corrected chi connectivity index (χ0v) is 20.5. The Morgan fingerprint density at radius 3 is 2.19 bits per heavy atom. The zero-order chi connectivity index (χ0) is 23.1. The molecule has 4 atom stereocenters. The molecule has 31 heavy (non-hydrogen) atoms. The van der Waals surface area contributed by atoms with Gasteiger partial charge in [0, 0.05) is 6.04 Å². The molecule has 4 unspecified atom stereocenters. The van der Waals surface area contributed by atoms with Crippen LogP contribution in [0.1, 0.15) is 65.3 Å². The van der Waals surface area contributed by atoms with Crippen LogP contribution < -0.4 is 0 Å². The van der Waals surface area contributed by atoms with Crippen LogP contribution in [0.4, 0.5) is 0 Å². The number of nitrogens with zero attached hydrogens (tertiary/aromatic N) is 1. The van der Waals surface area contributed by atoms with Gasteiger partial charge in [0.15, 0.2) is 0 Å². The van der Waals surface area contributed by atoms with E-state index in [1.807, 2.05) is 6.08 Å². The summed E-state index contributed by atoms with van der Waals surface area (Å²) in [5.74, 6) is 0.0544. The molecule has 168 valence electrons. The first-order valence-corrected chi connectivity index (χ1v) is 11.4. The first-order chi connectivity index (χ1) is 14.5. The Morgan fingerprint density at radius 1 is 0.968 bits per heavy atom. The van der Waals surface area contributed by atoms with E-state index in [4.69, 9.17) is 0 Å². The molecule has 2 aromatic carbocycles. The summed E-state index contributed by atoms with van der Waals surface area (Å²) in [5, 5.41) is 22.6. The molecule has 3 heteroatoms. The number of likely N-dealkylation sites (N-methyl/N-ethyl adjacent to an activating group) is 1. The van der Waals surface area contributed by atoms with E-state index in [0.717, 1.165) is 28.7 Å². The highest BCUT2D eigenvalue weighted by molar-refractivity contribution is 5.71. The molecule has 3 rings (SSSR count). The standard InChI is InChI=1S/C28H39NO2/c1-17-9-10-24(12-19(17)3)27-28(31,22(6)14-23(7)29(27)8)15-25(16-30)26-13-20(4)18(2)11-21(26)5/h9-13,15,22-23,27,30-31H,14,16H2,1-8H3/b25-15+. The van der Waals surface area contributed by atoms with Crippen molar-refractivity contribution in [2.24, 2.45) is 5.92 Å². The van der Waals surface area contributed by atoms with Gasteiger partial charge in [-0.25, -0.2) is 0 Å². The normalized spacial score (nSPS) is 27.5. The van der Waals surface area contributed by atoms with Gasteiger partial charge in [-0.3, -0.25) is 4.90 Å². The quantitative estimate of drug-likeness (QED) is 0.691. The number of aliphatic hydroxyl groups is 2. The monoisotopic (exact) mass is 421 g/mol. The lowest BCUT2D eigenvalue weighted by Crippen LogP contribution is -2.56. The van der Waals surface area contributed by atoms with Crippen molar-refractivity contribution in [1.29, 1.82) is 0 Å². The molecule has 0 aliphatic carbocycles. The second kappa shape index (κ2) is 8.90. The summed E-state index contributed by atoms with van der Waals surface area (Å²) in [7, 11) is 2.11. The summed E-state index contributed by atoms with van der Waals surface area (Å²) in [6.45, 7) is 14.8. The van der Waals surface area contributed by atoms with Gasteiger partial charge in [-0.2, -0.15) is 0 Å². The van der Waals surface area contributed by atoms with E-state index in [0.29, 0.717) is 6.04 Å². The maximum Gasteiger partial charge on any atom is 0.106 e. The van der Waals surface area contributed by atoms with Gasteiger partial charge < -0.3 is 10.2 Å². The van der Waals surface area contributed by atoms with Crippen LogP contribution in [0.25, 0.3) is 5.57 Å². The van der Waals surface area contributed by atoms with Crippen LogP contribution in [0.15, 0.2) is 36.4 Å².